The lowest BCUT2D eigenvalue weighted by Crippen LogP contribution is -2.61. The third kappa shape index (κ3) is 14.0. The van der Waals surface area contributed by atoms with E-state index in [1.54, 1.807) is 7.11 Å². The molecule has 2 saturated heterocycles. The average molecular weight is 1090 g/mol. The summed E-state index contributed by atoms with van der Waals surface area (Å²) in [6.07, 6.45) is -0.300. The summed E-state index contributed by atoms with van der Waals surface area (Å²) in [5, 5.41) is 12.6. The fourth-order valence-electron chi connectivity index (χ4n) is 8.39. The lowest BCUT2D eigenvalue weighted by Gasteiger charge is -2.53. The van der Waals surface area contributed by atoms with Crippen molar-refractivity contribution in [3.05, 3.63) is 51.1 Å². The van der Waals surface area contributed by atoms with E-state index >= 15 is 0 Å². The number of rotatable bonds is 20. The van der Waals surface area contributed by atoms with Crippen LogP contribution in [-0.4, -0.2) is 92.0 Å². The second-order valence-corrected chi connectivity index (χ2v) is 40.0. The molecule has 0 bridgehead atoms. The highest BCUT2D eigenvalue weighted by Gasteiger charge is 2.67. The van der Waals surface area contributed by atoms with Gasteiger partial charge in [-0.15, -0.1) is 0 Å². The number of methoxy groups -OCH3 is 1. The summed E-state index contributed by atoms with van der Waals surface area (Å²) in [5.41, 5.74) is 2.51. The van der Waals surface area contributed by atoms with Crippen LogP contribution in [0.1, 0.15) is 136 Å². The number of aliphatic hydroxyl groups excluding tert-OH is 1. The molecule has 13 heteroatoms. The first kappa shape index (κ1) is 59.6. The van der Waals surface area contributed by atoms with E-state index in [4.69, 9.17) is 32.2 Å². The van der Waals surface area contributed by atoms with Gasteiger partial charge >= 0.3 is 0 Å². The Balaban J connectivity index is 2.13. The minimum Gasteiger partial charge on any atom is -0.497 e. The van der Waals surface area contributed by atoms with Crippen molar-refractivity contribution >= 4 is 53.3 Å². The zero-order chi connectivity index (χ0) is 50.8. The molecule has 380 valence electrons. The summed E-state index contributed by atoms with van der Waals surface area (Å²) in [6, 6.07) is 7.83. The first-order valence-corrected chi connectivity index (χ1v) is 34.6. The quantitative estimate of drug-likeness (QED) is 0.0777. The van der Waals surface area contributed by atoms with E-state index < -0.39 is 60.4 Å². The molecule has 2 heterocycles. The average Bonchev–Trinajstić information content (AvgIpc) is 3.39. The molecule has 1 aromatic carbocycles. The number of hydrogen-bond donors (Lipinski definition) is 1. The fraction of sp³-hybridized carbons (Fsp3) is 0.792. The highest BCUT2D eigenvalue weighted by Crippen LogP contribution is 2.57. The van der Waals surface area contributed by atoms with E-state index in [0.717, 1.165) is 16.9 Å². The number of halogens is 1. The van der Waals surface area contributed by atoms with Crippen molar-refractivity contribution < 1.29 is 42.1 Å². The Kier molecular flexibility index (Phi) is 20.2. The fourth-order valence-corrected chi connectivity index (χ4v) is 12.8. The van der Waals surface area contributed by atoms with Crippen molar-refractivity contribution in [3.8, 4) is 5.75 Å². The van der Waals surface area contributed by atoms with Gasteiger partial charge in [0.15, 0.2) is 30.7 Å². The highest BCUT2D eigenvalue weighted by atomic mass is 127. The number of ketones is 1. The third-order valence-corrected chi connectivity index (χ3v) is 31.1. The molecule has 0 aromatic heterocycles. The van der Waals surface area contributed by atoms with E-state index in [2.05, 4.69) is 176 Å². The van der Waals surface area contributed by atoms with Gasteiger partial charge in [-0.25, -0.2) is 0 Å². The Morgan fingerprint density at radius 2 is 1.42 bits per heavy atom. The monoisotopic (exact) mass is 1090 g/mol. The summed E-state index contributed by atoms with van der Waals surface area (Å²) in [4.78, 5) is 14.8. The number of allylic oxidation sites excluding steroid dienone is 2. The van der Waals surface area contributed by atoms with Gasteiger partial charge in [-0.3, -0.25) is 4.79 Å². The van der Waals surface area contributed by atoms with Gasteiger partial charge in [0.25, 0.3) is 0 Å². The summed E-state index contributed by atoms with van der Waals surface area (Å²) >= 11 is 2.28. The van der Waals surface area contributed by atoms with Gasteiger partial charge in [-0.05, 0) is 102 Å². The van der Waals surface area contributed by atoms with Crippen LogP contribution in [0, 0.1) is 23.2 Å². The van der Waals surface area contributed by atoms with Crippen molar-refractivity contribution in [2.75, 3.05) is 13.7 Å². The Hall–Kier alpha value is -0.729. The number of carbonyl (C=O) groups excluding carboxylic acids is 1. The van der Waals surface area contributed by atoms with E-state index in [1.165, 1.54) is 5.57 Å². The topological polar surface area (TPSA) is 102 Å². The molecule has 10 atom stereocenters. The van der Waals surface area contributed by atoms with Crippen LogP contribution in [0.4, 0.5) is 0 Å². The number of benzene rings is 1. The molecule has 66 heavy (non-hydrogen) atoms. The minimum atomic E-state index is -2.32. The van der Waals surface area contributed by atoms with Gasteiger partial charge in [0.05, 0.1) is 44.2 Å². The Morgan fingerprint density at radius 1 is 0.879 bits per heavy atom. The lowest BCUT2D eigenvalue weighted by molar-refractivity contribution is -0.334. The van der Waals surface area contributed by atoms with Crippen molar-refractivity contribution in [2.45, 2.75) is 233 Å². The normalized spacial score (nSPS) is 26.9. The number of aliphatic hydroxyl groups is 1. The first-order chi connectivity index (χ1) is 29.9. The zero-order valence-corrected chi connectivity index (χ0v) is 50.9. The lowest BCUT2D eigenvalue weighted by atomic mass is 9.72. The Labute approximate surface area is 420 Å². The summed E-state index contributed by atoms with van der Waals surface area (Å²) in [7, 11) is -4.98. The Bertz CT molecular complexity index is 1810. The van der Waals surface area contributed by atoms with Gasteiger partial charge < -0.3 is 37.3 Å². The van der Waals surface area contributed by atoms with Crippen LogP contribution >= 0.6 is 22.6 Å². The van der Waals surface area contributed by atoms with Crippen molar-refractivity contribution in [1.29, 1.82) is 0 Å². The van der Waals surface area contributed by atoms with Gasteiger partial charge in [0.2, 0.25) is 0 Å². The number of Topliss-reactive ketones (excluding diaryl/α,β-unsaturated/α-hetero) is 1. The maximum absolute atomic E-state index is 14.8. The van der Waals surface area contributed by atoms with Crippen LogP contribution < -0.4 is 4.74 Å². The third-order valence-electron chi connectivity index (χ3n) is 16.7. The van der Waals surface area contributed by atoms with Crippen LogP contribution in [0.15, 0.2) is 45.6 Å². The van der Waals surface area contributed by atoms with Gasteiger partial charge in [0, 0.05) is 42.6 Å². The van der Waals surface area contributed by atoms with E-state index in [0.29, 0.717) is 19.4 Å². The molecular weight excluding hydrogens is 992 g/mol. The SMILES string of the molecule is COc1ccc(CO[C@@H]2[C@H]([C@@H](O)CC(=O)[C@@H](C)[C@@H](O[Si](C)(C)C(C)(C)C)[C@@H](C)/C=C(C)/C(C)=C/I)O[C@@]3(C[C@H](O[Si](C)(C)C(C)(C)C)[C@@H](C)[C@@H](CCO[Si](C)(C)C(C)(C)C)O3)C2(C)C)cc1. The zero-order valence-electron chi connectivity index (χ0n) is 45.8. The number of ether oxygens (including phenoxy) is 4. The van der Waals surface area contributed by atoms with Crippen molar-refractivity contribution in [3.63, 3.8) is 0 Å². The molecule has 2 aliphatic rings. The molecule has 1 spiro atoms. The number of hydrogen-bond acceptors (Lipinski definition) is 9. The Morgan fingerprint density at radius 3 is 1.92 bits per heavy atom. The molecule has 0 saturated carbocycles. The first-order valence-electron chi connectivity index (χ1n) is 24.6. The predicted octanol–water partition coefficient (Wildman–Crippen LogP) is 14.2. The summed E-state index contributed by atoms with van der Waals surface area (Å²) in [6.45, 7) is 49.6. The molecule has 1 aromatic rings. The van der Waals surface area contributed by atoms with Crippen LogP contribution in [0.2, 0.25) is 54.4 Å². The van der Waals surface area contributed by atoms with Crippen LogP contribution in [0.25, 0.3) is 0 Å². The minimum absolute atomic E-state index is 0.0195. The molecule has 3 rings (SSSR count). The summed E-state index contributed by atoms with van der Waals surface area (Å²) in [5.74, 6) is -1.02. The van der Waals surface area contributed by atoms with Crippen LogP contribution in [-0.2, 0) is 38.9 Å². The molecule has 0 radical (unpaired) electrons. The van der Waals surface area contributed by atoms with Crippen molar-refractivity contribution in [1.82, 2.24) is 0 Å². The number of carbonyl (C=O) groups is 1. The van der Waals surface area contributed by atoms with Gasteiger partial charge in [-0.1, -0.05) is 143 Å². The second kappa shape index (κ2) is 22.4. The molecule has 2 aliphatic heterocycles. The second-order valence-electron chi connectivity index (χ2n) is 25.0. The molecule has 0 amide bonds. The van der Waals surface area contributed by atoms with E-state index in [1.807, 2.05) is 31.2 Å². The largest absolute Gasteiger partial charge is 0.497 e. The maximum atomic E-state index is 14.8. The van der Waals surface area contributed by atoms with Crippen molar-refractivity contribution in [2.24, 2.45) is 23.2 Å². The molecule has 0 aliphatic carbocycles. The van der Waals surface area contributed by atoms with E-state index in [-0.39, 0.29) is 64.1 Å². The van der Waals surface area contributed by atoms with Gasteiger partial charge in [0.1, 0.15) is 17.6 Å². The summed E-state index contributed by atoms with van der Waals surface area (Å²) < 4.78 is 50.5. The van der Waals surface area contributed by atoms with Gasteiger partial charge in [-0.2, -0.15) is 0 Å². The smallest absolute Gasteiger partial charge is 0.192 e. The maximum Gasteiger partial charge on any atom is 0.192 e. The molecule has 1 N–H and O–H groups in total. The predicted molar refractivity (Wildman–Crippen MR) is 289 cm³/mol. The molecular formula is C53H95IO9Si3. The molecule has 0 unspecified atom stereocenters. The van der Waals surface area contributed by atoms with Crippen LogP contribution in [0.5, 0.6) is 5.75 Å². The molecule has 9 nitrogen and oxygen atoms in total. The molecule has 2 fully saturated rings. The van der Waals surface area contributed by atoms with Crippen LogP contribution in [0.3, 0.4) is 0 Å². The standard InChI is InChI=1S/C53H95IO9Si3/c1-35(37(3)33-54)30-36(2)46(63-66(22,23)51(12,13)14)38(4)42(55)31-43(56)47-48(58-34-40-24-26-41(57-17)27-25-40)52(15,16)53(61-47)32-45(62-65(20,21)50(9,10)11)39(5)44(60-53)28-29-59-64(18,19)49(6,7)8/h24-27,30,33,36,38-39,43-48,56H,28-29,31-32,34H2,1-23H3/b35-30+,37-33+/t36-,38+,39-,43-,44+,45-,46-,47-,48+,53-/m0/s1. The van der Waals surface area contributed by atoms with E-state index in [9.17, 15) is 9.90 Å². The highest BCUT2D eigenvalue weighted by molar-refractivity contribution is 14.1.